The number of hydrogen-bond donors (Lipinski definition) is 1. The van der Waals surface area contributed by atoms with Gasteiger partial charge in [0.15, 0.2) is 0 Å². The summed E-state index contributed by atoms with van der Waals surface area (Å²) < 4.78 is 0. The highest BCUT2D eigenvalue weighted by molar-refractivity contribution is 6.05. The third kappa shape index (κ3) is 1.17. The first-order chi connectivity index (χ1) is 4.77. The topological polar surface area (TPSA) is 41.5 Å². The van der Waals surface area contributed by atoms with Crippen molar-refractivity contribution in [2.45, 2.75) is 32.7 Å². The van der Waals surface area contributed by atoms with Crippen molar-refractivity contribution in [2.75, 3.05) is 0 Å². The predicted octanol–water partition coefficient (Wildman–Crippen LogP) is 0.703. The van der Waals surface area contributed by atoms with Gasteiger partial charge >= 0.3 is 0 Å². The van der Waals surface area contributed by atoms with Crippen LogP contribution in [0.1, 0.15) is 26.7 Å². The first-order valence-electron chi connectivity index (χ1n) is 3.65. The largest absolute Gasteiger partial charge is 0.313 e. The van der Waals surface area contributed by atoms with Gasteiger partial charge in [-0.2, -0.15) is 0 Å². The molecule has 1 N–H and O–H groups in total. The summed E-state index contributed by atoms with van der Waals surface area (Å²) in [6, 6.07) is -0.116. The Balaban J connectivity index is 2.61. The molecule has 0 spiro atoms. The van der Waals surface area contributed by atoms with Crippen molar-refractivity contribution >= 4 is 11.7 Å². The van der Waals surface area contributed by atoms with Crippen LogP contribution in [0.2, 0.25) is 0 Å². The number of rotatable bonds is 2. The third-order valence-corrected chi connectivity index (χ3v) is 1.60. The maximum absolute atomic E-state index is 10.9. The molecule has 0 bridgehead atoms. The molecule has 0 aromatic rings. The van der Waals surface area contributed by atoms with E-state index in [9.17, 15) is 4.79 Å². The van der Waals surface area contributed by atoms with Crippen LogP contribution >= 0.6 is 0 Å². The van der Waals surface area contributed by atoms with Gasteiger partial charge < -0.3 is 5.32 Å². The highest BCUT2D eigenvalue weighted by atomic mass is 16.2. The van der Waals surface area contributed by atoms with Crippen molar-refractivity contribution in [3.63, 3.8) is 0 Å². The molecule has 56 valence electrons. The summed E-state index contributed by atoms with van der Waals surface area (Å²) in [4.78, 5) is 15.1. The van der Waals surface area contributed by atoms with Crippen LogP contribution in [0.4, 0.5) is 0 Å². The van der Waals surface area contributed by atoms with E-state index in [4.69, 9.17) is 0 Å². The fourth-order valence-electron chi connectivity index (χ4n) is 0.961. The van der Waals surface area contributed by atoms with Crippen molar-refractivity contribution in [1.82, 2.24) is 5.32 Å². The highest BCUT2D eigenvalue weighted by Gasteiger charge is 2.22. The van der Waals surface area contributed by atoms with E-state index >= 15 is 0 Å². The number of nitrogens with zero attached hydrogens (tertiary/aromatic N) is 1. The van der Waals surface area contributed by atoms with E-state index < -0.39 is 0 Å². The van der Waals surface area contributed by atoms with Crippen LogP contribution in [-0.2, 0) is 4.79 Å². The molecule has 0 fully saturated rings. The van der Waals surface area contributed by atoms with Gasteiger partial charge in [-0.25, -0.2) is 0 Å². The van der Waals surface area contributed by atoms with Crippen molar-refractivity contribution in [2.24, 2.45) is 4.99 Å². The third-order valence-electron chi connectivity index (χ3n) is 1.60. The minimum atomic E-state index is -0.116. The molecule has 0 aromatic heterocycles. The first kappa shape index (κ1) is 7.25. The summed E-state index contributed by atoms with van der Waals surface area (Å²) in [5.74, 6) is 0.885. The van der Waals surface area contributed by atoms with Crippen molar-refractivity contribution in [3.05, 3.63) is 0 Å². The average molecular weight is 140 g/mol. The Morgan fingerprint density at radius 1 is 1.60 bits per heavy atom. The second kappa shape index (κ2) is 2.82. The lowest BCUT2D eigenvalue weighted by atomic mass is 10.2. The maximum Gasteiger partial charge on any atom is 0.250 e. The van der Waals surface area contributed by atoms with E-state index in [-0.39, 0.29) is 11.9 Å². The Labute approximate surface area is 60.5 Å². The Hall–Kier alpha value is -0.860. The molecule has 1 rings (SSSR count). The summed E-state index contributed by atoms with van der Waals surface area (Å²) in [5.41, 5.74) is 0. The van der Waals surface area contributed by atoms with E-state index in [0.717, 1.165) is 18.7 Å². The molecule has 1 aliphatic rings. The van der Waals surface area contributed by atoms with Crippen molar-refractivity contribution in [3.8, 4) is 0 Å². The molecule has 0 aromatic carbocycles. The summed E-state index contributed by atoms with van der Waals surface area (Å²) >= 11 is 0. The zero-order valence-corrected chi connectivity index (χ0v) is 6.35. The van der Waals surface area contributed by atoms with Gasteiger partial charge in [0.25, 0.3) is 0 Å². The first-order valence-corrected chi connectivity index (χ1v) is 3.65. The molecule has 0 saturated heterocycles. The minimum absolute atomic E-state index is 0.0550. The van der Waals surface area contributed by atoms with Gasteiger partial charge in [-0.1, -0.05) is 13.8 Å². The monoisotopic (exact) mass is 140 g/mol. The van der Waals surface area contributed by atoms with Gasteiger partial charge in [0.1, 0.15) is 11.9 Å². The number of aliphatic imine (C=N–C) groups is 1. The molecule has 0 saturated carbocycles. The van der Waals surface area contributed by atoms with E-state index in [1.165, 1.54) is 0 Å². The van der Waals surface area contributed by atoms with Crippen LogP contribution in [0.25, 0.3) is 0 Å². The zero-order valence-electron chi connectivity index (χ0n) is 6.35. The number of amides is 1. The molecule has 1 heterocycles. The van der Waals surface area contributed by atoms with Crippen LogP contribution in [0.5, 0.6) is 0 Å². The normalized spacial score (nSPS) is 24.4. The van der Waals surface area contributed by atoms with Gasteiger partial charge in [0.2, 0.25) is 5.91 Å². The van der Waals surface area contributed by atoms with Crippen molar-refractivity contribution < 1.29 is 4.79 Å². The fraction of sp³-hybridized carbons (Fsp3) is 0.714. The summed E-state index contributed by atoms with van der Waals surface area (Å²) in [6.45, 7) is 3.95. The number of carbonyl (C=O) groups excluding carboxylic acids is 1. The van der Waals surface area contributed by atoms with E-state index in [1.807, 2.05) is 13.8 Å². The zero-order chi connectivity index (χ0) is 7.56. The Bertz CT molecular complexity index is 174. The van der Waals surface area contributed by atoms with Crippen molar-refractivity contribution in [1.29, 1.82) is 0 Å². The predicted molar refractivity (Wildman–Crippen MR) is 39.9 cm³/mol. The summed E-state index contributed by atoms with van der Waals surface area (Å²) in [5, 5.41) is 2.72. The Morgan fingerprint density at radius 3 is 2.60 bits per heavy atom. The molecule has 3 heteroatoms. The van der Waals surface area contributed by atoms with Gasteiger partial charge in [0.05, 0.1) is 0 Å². The van der Waals surface area contributed by atoms with Crippen LogP contribution in [0, 0.1) is 0 Å². The van der Waals surface area contributed by atoms with Gasteiger partial charge in [-0.15, -0.1) is 0 Å². The molecule has 0 aliphatic carbocycles. The van der Waals surface area contributed by atoms with Gasteiger partial charge in [-0.3, -0.25) is 9.79 Å². The minimum Gasteiger partial charge on any atom is -0.313 e. The van der Waals surface area contributed by atoms with Crippen LogP contribution < -0.4 is 5.32 Å². The van der Waals surface area contributed by atoms with E-state index in [2.05, 4.69) is 10.3 Å². The molecule has 3 nitrogen and oxygen atoms in total. The van der Waals surface area contributed by atoms with Crippen LogP contribution in [0.15, 0.2) is 4.99 Å². The molecule has 1 unspecified atom stereocenters. The highest BCUT2D eigenvalue weighted by Crippen LogP contribution is 2.05. The summed E-state index contributed by atoms with van der Waals surface area (Å²) in [6.07, 6.45) is 1.62. The molecule has 1 atom stereocenters. The lowest BCUT2D eigenvalue weighted by Gasteiger charge is -1.95. The van der Waals surface area contributed by atoms with Gasteiger partial charge in [0, 0.05) is 6.42 Å². The second-order valence-electron chi connectivity index (χ2n) is 2.34. The second-order valence-corrected chi connectivity index (χ2v) is 2.34. The number of hydrogen-bond acceptors (Lipinski definition) is 2. The van der Waals surface area contributed by atoms with E-state index in [0.29, 0.717) is 0 Å². The lowest BCUT2D eigenvalue weighted by molar-refractivity contribution is -0.120. The molecule has 0 radical (unpaired) electrons. The van der Waals surface area contributed by atoms with E-state index in [1.54, 1.807) is 0 Å². The lowest BCUT2D eigenvalue weighted by Crippen LogP contribution is -2.27. The smallest absolute Gasteiger partial charge is 0.250 e. The fourth-order valence-corrected chi connectivity index (χ4v) is 0.961. The standard InChI is InChI=1S/C7H12N2O/c1-3-5-7(10)9-6(4-2)8-5/h5H,3-4H2,1-2H3,(H,8,9,10). The number of nitrogens with one attached hydrogen (secondary N) is 1. The average Bonchev–Trinajstić information content (AvgIpc) is 2.30. The Morgan fingerprint density at radius 2 is 2.30 bits per heavy atom. The molecule has 10 heavy (non-hydrogen) atoms. The number of amidine groups is 1. The summed E-state index contributed by atoms with van der Waals surface area (Å²) in [7, 11) is 0. The Kier molecular flexibility index (Phi) is 2.04. The van der Waals surface area contributed by atoms with Gasteiger partial charge in [-0.05, 0) is 6.42 Å². The molecule has 1 amide bonds. The van der Waals surface area contributed by atoms with Crippen LogP contribution in [0.3, 0.4) is 0 Å². The quantitative estimate of drug-likeness (QED) is 0.602. The molecular formula is C7H12N2O. The molecule has 1 aliphatic heterocycles. The SMILES string of the molecule is CCC1=NC(CC)C(=O)N1. The maximum atomic E-state index is 10.9. The molecular weight excluding hydrogens is 128 g/mol. The van der Waals surface area contributed by atoms with Crippen LogP contribution in [-0.4, -0.2) is 17.8 Å². The number of carbonyl (C=O) groups is 1.